The Morgan fingerprint density at radius 2 is 0.968 bits per heavy atom. The van der Waals surface area contributed by atoms with Crippen LogP contribution in [0.2, 0.25) is 0 Å². The van der Waals surface area contributed by atoms with Crippen LogP contribution >= 0.6 is 24.8 Å². The molecule has 2 aromatic rings. The van der Waals surface area contributed by atoms with Crippen LogP contribution in [0, 0.1) is 10.8 Å². The summed E-state index contributed by atoms with van der Waals surface area (Å²) in [6.07, 6.45) is 0. The van der Waals surface area contributed by atoms with Gasteiger partial charge in [-0.3, -0.25) is 20.4 Å². The van der Waals surface area contributed by atoms with Gasteiger partial charge in [-0.2, -0.15) is 0 Å². The van der Waals surface area contributed by atoms with Crippen LogP contribution in [0.25, 0.3) is 0 Å². The van der Waals surface area contributed by atoms with Crippen molar-refractivity contribution < 1.29 is 14.3 Å². The van der Waals surface area contributed by atoms with Crippen molar-refractivity contribution in [1.29, 1.82) is 10.8 Å². The molecular weight excluding hydrogens is 443 g/mol. The fourth-order valence-corrected chi connectivity index (χ4v) is 2.38. The predicted octanol–water partition coefficient (Wildman–Crippen LogP) is 1.27. The van der Waals surface area contributed by atoms with Gasteiger partial charge >= 0.3 is 0 Å². The molecule has 2 amide bonds. The Kier molecular flexibility index (Phi) is 12.6. The van der Waals surface area contributed by atoms with Gasteiger partial charge in [0.15, 0.2) is 0 Å². The summed E-state index contributed by atoms with van der Waals surface area (Å²) in [7, 11) is 0. The van der Waals surface area contributed by atoms with Crippen LogP contribution in [0.15, 0.2) is 48.5 Å². The summed E-state index contributed by atoms with van der Waals surface area (Å²) in [5.74, 6) is -0.590. The molecule has 2 rings (SSSR count). The maximum atomic E-state index is 12.0. The van der Waals surface area contributed by atoms with Crippen LogP contribution < -0.4 is 22.1 Å². The van der Waals surface area contributed by atoms with Crippen LogP contribution in [0.4, 0.5) is 0 Å². The summed E-state index contributed by atoms with van der Waals surface area (Å²) in [6, 6.07) is 12.9. The molecule has 0 heterocycles. The molecule has 2 aromatic carbocycles. The van der Waals surface area contributed by atoms with E-state index in [4.69, 9.17) is 27.0 Å². The predicted molar refractivity (Wildman–Crippen MR) is 125 cm³/mol. The number of benzene rings is 2. The van der Waals surface area contributed by atoms with Crippen molar-refractivity contribution in [2.45, 2.75) is 0 Å². The van der Waals surface area contributed by atoms with Crippen molar-refractivity contribution in [3.05, 3.63) is 70.8 Å². The standard InChI is InChI=1S/C20H24N6O3.2ClH/c21-17(22)13-1-5-15(6-2-13)19(27)25-9-11-29-12-10-26-20(28)16-7-3-14(4-8-16)18(23)24;;/h1-8H,9-12H2,(H3,21,22)(H3,23,24)(H,25,27)(H,26,28);2*1H. The molecule has 9 nitrogen and oxygen atoms in total. The molecule has 8 N–H and O–H groups in total. The van der Waals surface area contributed by atoms with E-state index in [9.17, 15) is 9.59 Å². The fraction of sp³-hybridized carbons (Fsp3) is 0.200. The van der Waals surface area contributed by atoms with Gasteiger partial charge in [0, 0.05) is 35.3 Å². The largest absolute Gasteiger partial charge is 0.384 e. The minimum absolute atomic E-state index is 0. The van der Waals surface area contributed by atoms with Crippen LogP contribution in [-0.2, 0) is 4.74 Å². The van der Waals surface area contributed by atoms with Gasteiger partial charge in [-0.1, -0.05) is 24.3 Å². The number of hydrogen-bond acceptors (Lipinski definition) is 5. The highest BCUT2D eigenvalue weighted by atomic mass is 35.5. The maximum absolute atomic E-state index is 12.0. The molecule has 0 bridgehead atoms. The summed E-state index contributed by atoms with van der Waals surface area (Å²) >= 11 is 0. The monoisotopic (exact) mass is 468 g/mol. The lowest BCUT2D eigenvalue weighted by Gasteiger charge is -2.08. The molecule has 11 heteroatoms. The fourth-order valence-electron chi connectivity index (χ4n) is 2.38. The van der Waals surface area contributed by atoms with E-state index in [1.165, 1.54) is 0 Å². The second-order valence-corrected chi connectivity index (χ2v) is 6.11. The van der Waals surface area contributed by atoms with Gasteiger partial charge in [-0.05, 0) is 24.3 Å². The van der Waals surface area contributed by atoms with Gasteiger partial charge < -0.3 is 26.8 Å². The first-order valence-corrected chi connectivity index (χ1v) is 8.91. The minimum Gasteiger partial charge on any atom is -0.384 e. The Labute approximate surface area is 192 Å². The van der Waals surface area contributed by atoms with Crippen LogP contribution in [0.1, 0.15) is 31.8 Å². The third kappa shape index (κ3) is 9.04. The second kappa shape index (κ2) is 14.0. The Morgan fingerprint density at radius 3 is 1.26 bits per heavy atom. The van der Waals surface area contributed by atoms with Crippen LogP contribution in [-0.4, -0.2) is 49.8 Å². The van der Waals surface area contributed by atoms with Gasteiger partial charge in [-0.25, -0.2) is 0 Å². The van der Waals surface area contributed by atoms with Crippen LogP contribution in [0.5, 0.6) is 0 Å². The van der Waals surface area contributed by atoms with E-state index in [-0.39, 0.29) is 48.3 Å². The molecule has 31 heavy (non-hydrogen) atoms. The third-order valence-electron chi connectivity index (χ3n) is 3.98. The highest BCUT2D eigenvalue weighted by Gasteiger charge is 2.07. The average Bonchev–Trinajstić information content (AvgIpc) is 2.72. The van der Waals surface area contributed by atoms with Crippen molar-refractivity contribution in [2.75, 3.05) is 26.3 Å². The zero-order valence-corrected chi connectivity index (χ0v) is 18.3. The summed E-state index contributed by atoms with van der Waals surface area (Å²) in [5.41, 5.74) is 12.8. The third-order valence-corrected chi connectivity index (χ3v) is 3.98. The Bertz CT molecular complexity index is 815. The van der Waals surface area contributed by atoms with E-state index in [0.717, 1.165) is 0 Å². The molecule has 0 spiro atoms. The molecule has 0 atom stereocenters. The molecule has 0 aliphatic rings. The van der Waals surface area contributed by atoms with E-state index < -0.39 is 0 Å². The Balaban J connectivity index is 0.00000450. The number of rotatable bonds is 10. The molecule has 0 radical (unpaired) electrons. The van der Waals surface area contributed by atoms with Gasteiger partial charge in [0.25, 0.3) is 11.8 Å². The number of hydrogen-bond donors (Lipinski definition) is 6. The van der Waals surface area contributed by atoms with E-state index >= 15 is 0 Å². The van der Waals surface area contributed by atoms with Gasteiger partial charge in [0.1, 0.15) is 11.7 Å². The lowest BCUT2D eigenvalue weighted by molar-refractivity contribution is 0.0893. The number of nitrogens with one attached hydrogen (secondary N) is 4. The van der Waals surface area contributed by atoms with Crippen molar-refractivity contribution in [2.24, 2.45) is 11.5 Å². The van der Waals surface area contributed by atoms with E-state index in [1.54, 1.807) is 48.5 Å². The first-order chi connectivity index (χ1) is 13.9. The Hall–Kier alpha value is -3.14. The molecule has 0 aliphatic heterocycles. The molecule has 0 unspecified atom stereocenters. The number of carbonyl (C=O) groups is 2. The lowest BCUT2D eigenvalue weighted by Crippen LogP contribution is -2.30. The maximum Gasteiger partial charge on any atom is 0.251 e. The topological polar surface area (TPSA) is 167 Å². The molecule has 168 valence electrons. The van der Waals surface area contributed by atoms with Crippen LogP contribution in [0.3, 0.4) is 0 Å². The zero-order valence-electron chi connectivity index (χ0n) is 16.6. The highest BCUT2D eigenvalue weighted by molar-refractivity contribution is 5.99. The van der Waals surface area contributed by atoms with Gasteiger partial charge in [-0.15, -0.1) is 24.8 Å². The van der Waals surface area contributed by atoms with Crippen molar-refractivity contribution in [3.63, 3.8) is 0 Å². The first kappa shape index (κ1) is 27.9. The molecule has 0 aliphatic carbocycles. The van der Waals surface area contributed by atoms with E-state index in [0.29, 0.717) is 48.6 Å². The quantitative estimate of drug-likeness (QED) is 0.175. The molecule has 0 aromatic heterocycles. The number of amides is 2. The minimum atomic E-state index is -0.244. The number of amidine groups is 2. The smallest absolute Gasteiger partial charge is 0.251 e. The Morgan fingerprint density at radius 1 is 0.677 bits per heavy atom. The summed E-state index contributed by atoms with van der Waals surface area (Å²) in [4.78, 5) is 24.0. The molecule has 0 fully saturated rings. The normalized spacial score (nSPS) is 9.55. The van der Waals surface area contributed by atoms with Crippen molar-refractivity contribution in [3.8, 4) is 0 Å². The zero-order chi connectivity index (χ0) is 21.2. The highest BCUT2D eigenvalue weighted by Crippen LogP contribution is 2.04. The summed E-state index contributed by atoms with van der Waals surface area (Å²) in [6.45, 7) is 1.27. The number of nitrogens with two attached hydrogens (primary N) is 2. The molecule has 0 saturated carbocycles. The number of nitrogen functional groups attached to an aromatic ring is 2. The molecule has 0 saturated heterocycles. The van der Waals surface area contributed by atoms with E-state index in [1.807, 2.05) is 0 Å². The second-order valence-electron chi connectivity index (χ2n) is 6.11. The number of ether oxygens (including phenoxy) is 1. The van der Waals surface area contributed by atoms with Crippen molar-refractivity contribution in [1.82, 2.24) is 10.6 Å². The lowest BCUT2D eigenvalue weighted by atomic mass is 10.1. The SMILES string of the molecule is Cl.Cl.N=C(N)c1ccc(C(=O)NCCOCCNC(=O)c2ccc(C(=N)N)cc2)cc1. The average molecular weight is 469 g/mol. The van der Waals surface area contributed by atoms with Gasteiger partial charge in [0.2, 0.25) is 0 Å². The van der Waals surface area contributed by atoms with Gasteiger partial charge in [0.05, 0.1) is 13.2 Å². The summed E-state index contributed by atoms with van der Waals surface area (Å²) < 4.78 is 5.39. The molecular formula is C20H26Cl2N6O3. The number of halogens is 2. The first-order valence-electron chi connectivity index (χ1n) is 8.91. The summed E-state index contributed by atoms with van der Waals surface area (Å²) in [5, 5.41) is 20.1. The van der Waals surface area contributed by atoms with Crippen molar-refractivity contribution >= 4 is 48.3 Å². The number of carbonyl (C=O) groups excluding carboxylic acids is 2. The van der Waals surface area contributed by atoms with E-state index in [2.05, 4.69) is 10.6 Å².